The number of hydrogen-bond acceptors (Lipinski definition) is 4. The number of benzene rings is 1. The van der Waals surface area contributed by atoms with Crippen molar-refractivity contribution in [3.8, 4) is 0 Å². The summed E-state index contributed by atoms with van der Waals surface area (Å²) in [4.78, 5) is 3.69. The first-order chi connectivity index (χ1) is 8.88. The zero-order valence-electron chi connectivity index (χ0n) is 9.85. The number of sulfonamides is 1. The van der Waals surface area contributed by atoms with Crippen molar-refractivity contribution >= 4 is 33.0 Å². The molecule has 0 saturated carbocycles. The van der Waals surface area contributed by atoms with Crippen LogP contribution in [0.2, 0.25) is 5.02 Å². The summed E-state index contributed by atoms with van der Waals surface area (Å²) in [6.07, 6.45) is 0. The van der Waals surface area contributed by atoms with Crippen LogP contribution in [0.25, 0.3) is 0 Å². The number of hydrogen-bond donors (Lipinski definition) is 1. The molecule has 19 heavy (non-hydrogen) atoms. The highest BCUT2D eigenvalue weighted by molar-refractivity contribution is 7.89. The van der Waals surface area contributed by atoms with Crippen LogP contribution in [0.3, 0.4) is 0 Å². The Hall–Kier alpha value is -1.02. The van der Waals surface area contributed by atoms with E-state index in [1.165, 1.54) is 17.4 Å². The van der Waals surface area contributed by atoms with Gasteiger partial charge in [-0.1, -0.05) is 11.6 Å². The van der Waals surface area contributed by atoms with Gasteiger partial charge in [0.15, 0.2) is 0 Å². The van der Waals surface area contributed by atoms with E-state index in [0.29, 0.717) is 5.01 Å². The molecule has 102 valence electrons. The highest BCUT2D eigenvalue weighted by Crippen LogP contribution is 2.19. The molecule has 4 nitrogen and oxygen atoms in total. The second-order valence-electron chi connectivity index (χ2n) is 3.78. The number of halogens is 2. The van der Waals surface area contributed by atoms with Crippen LogP contribution in [-0.2, 0) is 16.6 Å². The lowest BCUT2D eigenvalue weighted by Gasteiger charge is -2.06. The van der Waals surface area contributed by atoms with E-state index < -0.39 is 20.7 Å². The van der Waals surface area contributed by atoms with Gasteiger partial charge in [0.05, 0.1) is 6.54 Å². The summed E-state index contributed by atoms with van der Waals surface area (Å²) >= 11 is 6.92. The second-order valence-corrected chi connectivity index (χ2v) is 6.90. The molecule has 0 spiro atoms. The molecule has 0 atom stereocenters. The van der Waals surface area contributed by atoms with Gasteiger partial charge in [-0.25, -0.2) is 22.5 Å². The Kier molecular flexibility index (Phi) is 4.19. The summed E-state index contributed by atoms with van der Waals surface area (Å²) in [6.45, 7) is 1.84. The van der Waals surface area contributed by atoms with Gasteiger partial charge in [0.1, 0.15) is 15.7 Å². The third-order valence-electron chi connectivity index (χ3n) is 2.26. The van der Waals surface area contributed by atoms with E-state index >= 15 is 0 Å². The standard InChI is InChI=1S/C11H10ClFN2O2S2/c1-7-6-18-11(15-7)5-14-19(16,17)10-3-2-8(12)4-9(10)13/h2-4,6,14H,5H2,1H3. The van der Waals surface area contributed by atoms with Gasteiger partial charge >= 0.3 is 0 Å². The van der Waals surface area contributed by atoms with Gasteiger partial charge in [-0.05, 0) is 25.1 Å². The van der Waals surface area contributed by atoms with Crippen molar-refractivity contribution in [2.75, 3.05) is 0 Å². The number of thiazole rings is 1. The molecule has 0 aliphatic rings. The number of nitrogens with one attached hydrogen (secondary N) is 1. The molecular formula is C11H10ClFN2O2S2. The van der Waals surface area contributed by atoms with Crippen molar-refractivity contribution in [3.63, 3.8) is 0 Å². The first-order valence-corrected chi connectivity index (χ1v) is 7.98. The molecule has 0 unspecified atom stereocenters. The quantitative estimate of drug-likeness (QED) is 0.942. The summed E-state index contributed by atoms with van der Waals surface area (Å²) < 4.78 is 39.7. The molecule has 0 amide bonds. The molecular weight excluding hydrogens is 311 g/mol. The Bertz CT molecular complexity index is 700. The fraction of sp³-hybridized carbons (Fsp3) is 0.182. The average molecular weight is 321 g/mol. The maximum Gasteiger partial charge on any atom is 0.243 e. The molecule has 0 radical (unpaired) electrons. The van der Waals surface area contributed by atoms with Crippen molar-refractivity contribution in [1.29, 1.82) is 0 Å². The first kappa shape index (κ1) is 14.4. The maximum absolute atomic E-state index is 13.6. The topological polar surface area (TPSA) is 59.1 Å². The Labute approximate surface area is 119 Å². The van der Waals surface area contributed by atoms with Crippen LogP contribution < -0.4 is 4.72 Å². The van der Waals surface area contributed by atoms with Gasteiger partial charge < -0.3 is 0 Å². The number of aryl methyl sites for hydroxylation is 1. The summed E-state index contributed by atoms with van der Waals surface area (Å²) in [5.41, 5.74) is 0.817. The molecule has 8 heteroatoms. The fourth-order valence-electron chi connectivity index (χ4n) is 1.41. The number of nitrogens with zero attached hydrogens (tertiary/aromatic N) is 1. The first-order valence-electron chi connectivity index (χ1n) is 5.24. The van der Waals surface area contributed by atoms with Crippen LogP contribution in [0, 0.1) is 12.7 Å². The molecule has 0 saturated heterocycles. The minimum absolute atomic E-state index is 0.0307. The van der Waals surface area contributed by atoms with Gasteiger partial charge in [-0.15, -0.1) is 11.3 Å². The highest BCUT2D eigenvalue weighted by atomic mass is 35.5. The molecule has 0 fully saturated rings. The van der Waals surface area contributed by atoms with Crippen molar-refractivity contribution in [3.05, 3.63) is 45.1 Å². The third kappa shape index (κ3) is 3.50. The normalized spacial score (nSPS) is 11.7. The monoisotopic (exact) mass is 320 g/mol. The molecule has 1 N–H and O–H groups in total. The summed E-state index contributed by atoms with van der Waals surface area (Å²) in [7, 11) is -3.91. The summed E-state index contributed by atoms with van der Waals surface area (Å²) in [5, 5.41) is 2.58. The maximum atomic E-state index is 13.6. The minimum atomic E-state index is -3.91. The predicted molar refractivity (Wildman–Crippen MR) is 72.3 cm³/mol. The van der Waals surface area contributed by atoms with E-state index in [4.69, 9.17) is 11.6 Å². The summed E-state index contributed by atoms with van der Waals surface area (Å²) in [5.74, 6) is -0.879. The van der Waals surface area contributed by atoms with Gasteiger partial charge in [0.25, 0.3) is 0 Å². The number of rotatable bonds is 4. The van der Waals surface area contributed by atoms with E-state index in [1.54, 1.807) is 0 Å². The largest absolute Gasteiger partial charge is 0.245 e. The fourth-order valence-corrected chi connectivity index (χ4v) is 3.42. The number of aromatic nitrogens is 1. The van der Waals surface area contributed by atoms with Gasteiger partial charge in [0.2, 0.25) is 10.0 Å². The van der Waals surface area contributed by atoms with Crippen LogP contribution in [0.15, 0.2) is 28.5 Å². The van der Waals surface area contributed by atoms with Crippen LogP contribution in [0.1, 0.15) is 10.7 Å². The SMILES string of the molecule is Cc1csc(CNS(=O)(=O)c2ccc(Cl)cc2F)n1. The lowest BCUT2D eigenvalue weighted by Crippen LogP contribution is -2.24. The van der Waals surface area contributed by atoms with E-state index in [-0.39, 0.29) is 11.6 Å². The van der Waals surface area contributed by atoms with E-state index in [0.717, 1.165) is 17.8 Å². The Morgan fingerprint density at radius 1 is 1.47 bits per heavy atom. The molecule has 0 aliphatic heterocycles. The molecule has 1 heterocycles. The lowest BCUT2D eigenvalue weighted by atomic mass is 10.3. The second kappa shape index (κ2) is 5.54. The average Bonchev–Trinajstić information content (AvgIpc) is 2.72. The molecule has 0 bridgehead atoms. The van der Waals surface area contributed by atoms with Gasteiger partial charge in [-0.3, -0.25) is 0 Å². The van der Waals surface area contributed by atoms with E-state index in [1.807, 2.05) is 12.3 Å². The third-order valence-corrected chi connectivity index (χ3v) is 4.90. The van der Waals surface area contributed by atoms with Gasteiger partial charge in [-0.2, -0.15) is 0 Å². The van der Waals surface area contributed by atoms with E-state index in [9.17, 15) is 12.8 Å². The molecule has 1 aromatic heterocycles. The molecule has 2 aromatic rings. The molecule has 0 aliphatic carbocycles. The van der Waals surface area contributed by atoms with Crippen LogP contribution in [0.5, 0.6) is 0 Å². The minimum Gasteiger partial charge on any atom is -0.245 e. The summed E-state index contributed by atoms with van der Waals surface area (Å²) in [6, 6.07) is 3.42. The van der Waals surface area contributed by atoms with Crippen LogP contribution in [-0.4, -0.2) is 13.4 Å². The van der Waals surface area contributed by atoms with Crippen LogP contribution in [0.4, 0.5) is 4.39 Å². The van der Waals surface area contributed by atoms with Crippen molar-refractivity contribution in [2.45, 2.75) is 18.4 Å². The zero-order chi connectivity index (χ0) is 14.0. The Morgan fingerprint density at radius 2 is 2.21 bits per heavy atom. The van der Waals surface area contributed by atoms with Crippen LogP contribution >= 0.6 is 22.9 Å². The smallest absolute Gasteiger partial charge is 0.243 e. The lowest BCUT2D eigenvalue weighted by molar-refractivity contribution is 0.556. The van der Waals surface area contributed by atoms with Crippen molar-refractivity contribution < 1.29 is 12.8 Å². The van der Waals surface area contributed by atoms with E-state index in [2.05, 4.69) is 9.71 Å². The van der Waals surface area contributed by atoms with Crippen molar-refractivity contribution in [1.82, 2.24) is 9.71 Å². The Balaban J connectivity index is 2.18. The van der Waals surface area contributed by atoms with Crippen molar-refractivity contribution in [2.24, 2.45) is 0 Å². The Morgan fingerprint density at radius 3 is 2.79 bits per heavy atom. The molecule has 2 rings (SSSR count). The zero-order valence-corrected chi connectivity index (χ0v) is 12.2. The van der Waals surface area contributed by atoms with Gasteiger partial charge in [0, 0.05) is 16.1 Å². The molecule has 1 aromatic carbocycles. The predicted octanol–water partition coefficient (Wildman–Crippen LogP) is 2.72. The highest BCUT2D eigenvalue weighted by Gasteiger charge is 2.19.